The van der Waals surface area contributed by atoms with Gasteiger partial charge in [0.05, 0.1) is 5.69 Å². The smallest absolute Gasteiger partial charge is 0.0762 e. The van der Waals surface area contributed by atoms with Crippen molar-refractivity contribution in [3.8, 4) is 0 Å². The largest absolute Gasteiger partial charge is 0.304 e. The third-order valence-electron chi connectivity index (χ3n) is 3.67. The summed E-state index contributed by atoms with van der Waals surface area (Å²) in [4.78, 5) is 0. The summed E-state index contributed by atoms with van der Waals surface area (Å²) in [5, 5.41) is 8.85. The number of rotatable bonds is 6. The van der Waals surface area contributed by atoms with Crippen molar-refractivity contribution >= 4 is 11.6 Å². The minimum absolute atomic E-state index is 0.279. The van der Waals surface area contributed by atoms with Crippen molar-refractivity contribution in [3.63, 3.8) is 0 Å². The molecule has 1 heterocycles. The van der Waals surface area contributed by atoms with Gasteiger partial charge in [0, 0.05) is 29.8 Å². The fraction of sp³-hybridized carbons (Fsp3) is 0.438. The number of benzene rings is 1. The van der Waals surface area contributed by atoms with Crippen LogP contribution in [0.25, 0.3) is 0 Å². The molecule has 0 radical (unpaired) electrons. The maximum atomic E-state index is 5.90. The highest BCUT2D eigenvalue weighted by Gasteiger charge is 2.07. The topological polar surface area (TPSA) is 29.9 Å². The van der Waals surface area contributed by atoms with Gasteiger partial charge in [0.25, 0.3) is 0 Å². The van der Waals surface area contributed by atoms with Gasteiger partial charge in [-0.15, -0.1) is 0 Å². The van der Waals surface area contributed by atoms with E-state index in [1.165, 1.54) is 5.56 Å². The summed E-state index contributed by atoms with van der Waals surface area (Å²) in [5.74, 6) is 0. The molecule has 2 atom stereocenters. The Kier molecular flexibility index (Phi) is 5.21. The Bertz CT molecular complexity index is 533. The van der Waals surface area contributed by atoms with Crippen LogP contribution in [0.1, 0.15) is 50.5 Å². The van der Waals surface area contributed by atoms with E-state index < -0.39 is 0 Å². The molecule has 0 fully saturated rings. The predicted octanol–water partition coefficient (Wildman–Crippen LogP) is 4.36. The highest BCUT2D eigenvalue weighted by atomic mass is 35.5. The number of hydrogen-bond donors (Lipinski definition) is 1. The molecular weight excluding hydrogens is 270 g/mol. The van der Waals surface area contributed by atoms with E-state index in [0.29, 0.717) is 6.04 Å². The zero-order valence-electron chi connectivity index (χ0n) is 12.3. The quantitative estimate of drug-likeness (QED) is 0.857. The molecule has 0 spiro atoms. The number of halogens is 1. The standard InChI is InChI=1S/C16H22ClN3/c1-4-12(2)20-10-9-16(19-20)11-18-13(3)14-5-7-15(17)8-6-14/h5-10,12-13,18H,4,11H2,1-3H3. The Hall–Kier alpha value is -1.32. The molecule has 0 amide bonds. The van der Waals surface area contributed by atoms with Gasteiger partial charge in [0.1, 0.15) is 0 Å². The van der Waals surface area contributed by atoms with Crippen LogP contribution in [0.15, 0.2) is 36.5 Å². The highest BCUT2D eigenvalue weighted by Crippen LogP contribution is 2.16. The fourth-order valence-electron chi connectivity index (χ4n) is 2.03. The summed E-state index contributed by atoms with van der Waals surface area (Å²) in [6.07, 6.45) is 3.15. The van der Waals surface area contributed by atoms with E-state index in [4.69, 9.17) is 11.6 Å². The van der Waals surface area contributed by atoms with Crippen molar-refractivity contribution in [1.29, 1.82) is 0 Å². The van der Waals surface area contributed by atoms with Crippen molar-refractivity contribution in [2.75, 3.05) is 0 Å². The zero-order valence-corrected chi connectivity index (χ0v) is 13.1. The molecule has 2 aromatic rings. The third-order valence-corrected chi connectivity index (χ3v) is 3.92. The van der Waals surface area contributed by atoms with Crippen molar-refractivity contribution in [2.24, 2.45) is 0 Å². The van der Waals surface area contributed by atoms with Crippen molar-refractivity contribution < 1.29 is 0 Å². The minimum atomic E-state index is 0.279. The van der Waals surface area contributed by atoms with Gasteiger partial charge in [-0.3, -0.25) is 4.68 Å². The van der Waals surface area contributed by atoms with Crippen LogP contribution >= 0.6 is 11.6 Å². The molecule has 4 heteroatoms. The summed E-state index contributed by atoms with van der Waals surface area (Å²) < 4.78 is 2.03. The molecule has 0 aliphatic heterocycles. The Labute approximate surface area is 126 Å². The van der Waals surface area contributed by atoms with Crippen molar-refractivity contribution in [2.45, 2.75) is 45.8 Å². The molecule has 0 saturated carbocycles. The summed E-state index contributed by atoms with van der Waals surface area (Å²) in [6.45, 7) is 7.27. The van der Waals surface area contributed by atoms with Gasteiger partial charge in [-0.05, 0) is 44.0 Å². The molecule has 20 heavy (non-hydrogen) atoms. The second kappa shape index (κ2) is 6.91. The molecule has 2 rings (SSSR count). The van der Waals surface area contributed by atoms with Crippen LogP contribution < -0.4 is 5.32 Å². The molecule has 0 aliphatic carbocycles. The summed E-state index contributed by atoms with van der Waals surface area (Å²) >= 11 is 5.90. The second-order valence-electron chi connectivity index (χ2n) is 5.20. The summed E-state index contributed by atoms with van der Waals surface area (Å²) in [5.41, 5.74) is 2.31. The first-order valence-electron chi connectivity index (χ1n) is 7.13. The number of hydrogen-bond acceptors (Lipinski definition) is 2. The maximum absolute atomic E-state index is 5.90. The summed E-state index contributed by atoms with van der Waals surface area (Å²) in [7, 11) is 0. The Morgan fingerprint density at radius 2 is 1.90 bits per heavy atom. The van der Waals surface area contributed by atoms with Gasteiger partial charge in [0.15, 0.2) is 0 Å². The fourth-order valence-corrected chi connectivity index (χ4v) is 2.16. The second-order valence-corrected chi connectivity index (χ2v) is 5.63. The molecular formula is C16H22ClN3. The maximum Gasteiger partial charge on any atom is 0.0762 e. The predicted molar refractivity (Wildman–Crippen MR) is 83.9 cm³/mol. The van der Waals surface area contributed by atoms with Crippen LogP contribution in [-0.4, -0.2) is 9.78 Å². The lowest BCUT2D eigenvalue weighted by atomic mass is 10.1. The molecule has 0 aliphatic rings. The van der Waals surface area contributed by atoms with Crippen LogP contribution in [0.3, 0.4) is 0 Å². The molecule has 108 valence electrons. The van der Waals surface area contributed by atoms with Gasteiger partial charge in [-0.25, -0.2) is 0 Å². The van der Waals surface area contributed by atoms with E-state index >= 15 is 0 Å². The van der Waals surface area contributed by atoms with Crippen molar-refractivity contribution in [1.82, 2.24) is 15.1 Å². The lowest BCUT2D eigenvalue weighted by Crippen LogP contribution is -2.18. The normalized spacial score (nSPS) is 14.2. The molecule has 0 bridgehead atoms. The van der Waals surface area contributed by atoms with Crippen LogP contribution in [-0.2, 0) is 6.54 Å². The van der Waals surface area contributed by atoms with E-state index in [0.717, 1.165) is 23.7 Å². The molecule has 1 N–H and O–H groups in total. The molecule has 3 nitrogen and oxygen atoms in total. The first-order chi connectivity index (χ1) is 9.60. The van der Waals surface area contributed by atoms with E-state index in [1.807, 2.05) is 16.8 Å². The van der Waals surface area contributed by atoms with Crippen molar-refractivity contribution in [3.05, 3.63) is 52.8 Å². The monoisotopic (exact) mass is 291 g/mol. The van der Waals surface area contributed by atoms with Gasteiger partial charge >= 0.3 is 0 Å². The van der Waals surface area contributed by atoms with E-state index in [9.17, 15) is 0 Å². The van der Waals surface area contributed by atoms with Crippen LogP contribution in [0.5, 0.6) is 0 Å². The van der Waals surface area contributed by atoms with E-state index in [2.05, 4.69) is 55.6 Å². The van der Waals surface area contributed by atoms with Crippen LogP contribution in [0, 0.1) is 0 Å². The van der Waals surface area contributed by atoms with E-state index in [-0.39, 0.29) is 6.04 Å². The molecule has 1 aromatic carbocycles. The number of nitrogens with one attached hydrogen (secondary N) is 1. The average molecular weight is 292 g/mol. The molecule has 2 unspecified atom stereocenters. The Morgan fingerprint density at radius 3 is 2.55 bits per heavy atom. The molecule has 0 saturated heterocycles. The lowest BCUT2D eigenvalue weighted by Gasteiger charge is -2.13. The molecule has 1 aromatic heterocycles. The third kappa shape index (κ3) is 3.84. The lowest BCUT2D eigenvalue weighted by molar-refractivity contribution is 0.468. The van der Waals surface area contributed by atoms with Gasteiger partial charge in [0.2, 0.25) is 0 Å². The first kappa shape index (κ1) is 15.1. The highest BCUT2D eigenvalue weighted by molar-refractivity contribution is 6.30. The average Bonchev–Trinajstić information content (AvgIpc) is 2.93. The zero-order chi connectivity index (χ0) is 14.5. The van der Waals surface area contributed by atoms with E-state index in [1.54, 1.807) is 0 Å². The number of nitrogens with zero attached hydrogens (tertiary/aromatic N) is 2. The SMILES string of the molecule is CCC(C)n1ccc(CNC(C)c2ccc(Cl)cc2)n1. The van der Waals surface area contributed by atoms with Gasteiger partial charge < -0.3 is 5.32 Å². The van der Waals surface area contributed by atoms with Crippen LogP contribution in [0.4, 0.5) is 0 Å². The van der Waals surface area contributed by atoms with Gasteiger partial charge in [-0.2, -0.15) is 5.10 Å². The first-order valence-corrected chi connectivity index (χ1v) is 7.50. The Balaban J connectivity index is 1.91. The Morgan fingerprint density at radius 1 is 1.20 bits per heavy atom. The number of aromatic nitrogens is 2. The summed E-state index contributed by atoms with van der Waals surface area (Å²) in [6, 6.07) is 10.8. The van der Waals surface area contributed by atoms with Gasteiger partial charge in [-0.1, -0.05) is 30.7 Å². The minimum Gasteiger partial charge on any atom is -0.304 e. The van der Waals surface area contributed by atoms with Crippen LogP contribution in [0.2, 0.25) is 5.02 Å².